The van der Waals surface area contributed by atoms with Crippen molar-refractivity contribution in [2.45, 2.75) is 19.9 Å². The lowest BCUT2D eigenvalue weighted by molar-refractivity contribution is 0.706. The van der Waals surface area contributed by atoms with Crippen LogP contribution in [0.25, 0.3) is 0 Å². The van der Waals surface area contributed by atoms with Crippen molar-refractivity contribution in [1.82, 2.24) is 9.78 Å². The molecular formula is C13H15BrClN3. The van der Waals surface area contributed by atoms with Gasteiger partial charge in [-0.15, -0.1) is 0 Å². The summed E-state index contributed by atoms with van der Waals surface area (Å²) < 4.78 is 2.99. The van der Waals surface area contributed by atoms with Crippen LogP contribution in [0.4, 0.5) is 5.69 Å². The molecule has 2 aromatic rings. The van der Waals surface area contributed by atoms with Crippen LogP contribution in [-0.2, 0) is 20.0 Å². The molecule has 5 heteroatoms. The molecule has 1 aromatic carbocycles. The summed E-state index contributed by atoms with van der Waals surface area (Å²) in [5.41, 5.74) is 3.22. The molecule has 3 nitrogen and oxygen atoms in total. The molecule has 0 aliphatic carbocycles. The number of aromatic nitrogens is 2. The molecule has 0 unspecified atom stereocenters. The summed E-state index contributed by atoms with van der Waals surface area (Å²) in [6, 6.07) is 7.70. The van der Waals surface area contributed by atoms with Gasteiger partial charge in [0.1, 0.15) is 0 Å². The number of nitrogens with one attached hydrogen (secondary N) is 1. The molecule has 0 fully saturated rings. The quantitative estimate of drug-likeness (QED) is 0.919. The van der Waals surface area contributed by atoms with Gasteiger partial charge in [-0.2, -0.15) is 5.10 Å². The monoisotopic (exact) mass is 327 g/mol. The standard InChI is InChI=1S/C13H15BrClN3/c1-3-11-13(14)12(18(2)17-11)8-16-10-6-4-5-9(15)7-10/h4-7,16H,3,8H2,1-2H3. The van der Waals surface area contributed by atoms with Gasteiger partial charge in [0.25, 0.3) is 0 Å². The van der Waals surface area contributed by atoms with E-state index in [9.17, 15) is 0 Å². The number of benzene rings is 1. The highest BCUT2D eigenvalue weighted by molar-refractivity contribution is 9.10. The second-order valence-corrected chi connectivity index (χ2v) is 5.28. The fourth-order valence-corrected chi connectivity index (χ4v) is 2.74. The summed E-state index contributed by atoms with van der Waals surface area (Å²) in [6.07, 6.45) is 0.922. The van der Waals surface area contributed by atoms with E-state index in [-0.39, 0.29) is 0 Å². The van der Waals surface area contributed by atoms with E-state index in [1.54, 1.807) is 0 Å². The molecule has 0 radical (unpaired) electrons. The first-order valence-corrected chi connectivity index (χ1v) is 6.98. The Kier molecular flexibility index (Phi) is 4.30. The van der Waals surface area contributed by atoms with Gasteiger partial charge in [0.05, 0.1) is 22.4 Å². The summed E-state index contributed by atoms with van der Waals surface area (Å²) in [7, 11) is 1.96. The molecular weight excluding hydrogens is 314 g/mol. The second-order valence-electron chi connectivity index (χ2n) is 4.05. The Morgan fingerprint density at radius 2 is 2.22 bits per heavy atom. The zero-order chi connectivity index (χ0) is 13.1. The minimum absolute atomic E-state index is 0.713. The first kappa shape index (κ1) is 13.4. The maximum absolute atomic E-state index is 5.95. The van der Waals surface area contributed by atoms with Crippen molar-refractivity contribution in [2.75, 3.05) is 5.32 Å². The molecule has 18 heavy (non-hydrogen) atoms. The third kappa shape index (κ3) is 2.87. The Labute approximate surface area is 120 Å². The number of rotatable bonds is 4. The maximum atomic E-state index is 5.95. The average molecular weight is 329 g/mol. The van der Waals surface area contributed by atoms with Crippen molar-refractivity contribution < 1.29 is 0 Å². The summed E-state index contributed by atoms with van der Waals surface area (Å²) in [4.78, 5) is 0. The van der Waals surface area contributed by atoms with E-state index in [2.05, 4.69) is 33.3 Å². The SMILES string of the molecule is CCc1nn(C)c(CNc2cccc(Cl)c2)c1Br. The van der Waals surface area contributed by atoms with Gasteiger partial charge in [-0.3, -0.25) is 4.68 Å². The van der Waals surface area contributed by atoms with Crippen molar-refractivity contribution in [3.63, 3.8) is 0 Å². The van der Waals surface area contributed by atoms with Crippen molar-refractivity contribution >= 4 is 33.2 Å². The first-order valence-electron chi connectivity index (χ1n) is 5.81. The van der Waals surface area contributed by atoms with Gasteiger partial charge in [0.2, 0.25) is 0 Å². The van der Waals surface area contributed by atoms with E-state index in [1.807, 2.05) is 36.0 Å². The molecule has 1 heterocycles. The Balaban J connectivity index is 2.13. The minimum atomic E-state index is 0.713. The molecule has 0 saturated carbocycles. The Morgan fingerprint density at radius 3 is 2.83 bits per heavy atom. The van der Waals surface area contributed by atoms with E-state index < -0.39 is 0 Å². The number of hydrogen-bond donors (Lipinski definition) is 1. The predicted octanol–water partition coefficient (Wildman–Crippen LogP) is 4.01. The molecule has 1 N–H and O–H groups in total. The Morgan fingerprint density at radius 1 is 1.44 bits per heavy atom. The minimum Gasteiger partial charge on any atom is -0.379 e. The fraction of sp³-hybridized carbons (Fsp3) is 0.308. The number of hydrogen-bond acceptors (Lipinski definition) is 2. The summed E-state index contributed by atoms with van der Waals surface area (Å²) in [5.74, 6) is 0. The lowest BCUT2D eigenvalue weighted by atomic mass is 10.3. The largest absolute Gasteiger partial charge is 0.379 e. The predicted molar refractivity (Wildman–Crippen MR) is 79.1 cm³/mol. The second kappa shape index (κ2) is 5.76. The van der Waals surface area contributed by atoms with Crippen molar-refractivity contribution in [2.24, 2.45) is 7.05 Å². The fourth-order valence-electron chi connectivity index (χ4n) is 1.80. The summed E-state index contributed by atoms with van der Waals surface area (Å²) >= 11 is 9.55. The highest BCUT2D eigenvalue weighted by atomic mass is 79.9. The Hall–Kier alpha value is -1.000. The third-order valence-corrected chi connectivity index (χ3v) is 3.94. The van der Waals surface area contributed by atoms with Crippen LogP contribution >= 0.6 is 27.5 Å². The van der Waals surface area contributed by atoms with Gasteiger partial charge in [-0.1, -0.05) is 24.6 Å². The average Bonchev–Trinajstić information content (AvgIpc) is 2.62. The van der Waals surface area contributed by atoms with Gasteiger partial charge >= 0.3 is 0 Å². The summed E-state index contributed by atoms with van der Waals surface area (Å²) in [6.45, 7) is 2.81. The highest BCUT2D eigenvalue weighted by Gasteiger charge is 2.11. The molecule has 0 amide bonds. The number of anilines is 1. The molecule has 96 valence electrons. The van der Waals surface area contributed by atoms with E-state index in [4.69, 9.17) is 11.6 Å². The van der Waals surface area contributed by atoms with Crippen molar-refractivity contribution in [1.29, 1.82) is 0 Å². The van der Waals surface area contributed by atoms with E-state index in [1.165, 1.54) is 0 Å². The normalized spacial score (nSPS) is 10.7. The molecule has 0 aliphatic heterocycles. The first-order chi connectivity index (χ1) is 8.61. The van der Waals surface area contributed by atoms with E-state index in [0.717, 1.165) is 33.0 Å². The molecule has 0 saturated heterocycles. The van der Waals surface area contributed by atoms with Crippen LogP contribution in [0.1, 0.15) is 18.3 Å². The Bertz CT molecular complexity index is 551. The van der Waals surface area contributed by atoms with Crippen LogP contribution in [-0.4, -0.2) is 9.78 Å². The van der Waals surface area contributed by atoms with Crippen molar-refractivity contribution in [3.8, 4) is 0 Å². The maximum Gasteiger partial charge on any atom is 0.0767 e. The number of halogens is 2. The zero-order valence-electron chi connectivity index (χ0n) is 10.4. The molecule has 0 atom stereocenters. The number of nitrogens with zero attached hydrogens (tertiary/aromatic N) is 2. The zero-order valence-corrected chi connectivity index (χ0v) is 12.7. The van der Waals surface area contributed by atoms with Gasteiger partial charge in [0.15, 0.2) is 0 Å². The van der Waals surface area contributed by atoms with E-state index in [0.29, 0.717) is 6.54 Å². The van der Waals surface area contributed by atoms with Gasteiger partial charge in [0, 0.05) is 17.8 Å². The van der Waals surface area contributed by atoms with Crippen LogP contribution in [0, 0.1) is 0 Å². The van der Waals surface area contributed by atoms with Crippen LogP contribution in [0.3, 0.4) is 0 Å². The molecule has 0 bridgehead atoms. The van der Waals surface area contributed by atoms with Gasteiger partial charge < -0.3 is 5.32 Å². The third-order valence-electron chi connectivity index (χ3n) is 2.79. The van der Waals surface area contributed by atoms with Crippen molar-refractivity contribution in [3.05, 3.63) is 45.1 Å². The lowest BCUT2D eigenvalue weighted by Gasteiger charge is -2.07. The van der Waals surface area contributed by atoms with Crippen LogP contribution in [0.5, 0.6) is 0 Å². The van der Waals surface area contributed by atoms with E-state index >= 15 is 0 Å². The smallest absolute Gasteiger partial charge is 0.0767 e. The van der Waals surface area contributed by atoms with Gasteiger partial charge in [-0.25, -0.2) is 0 Å². The van der Waals surface area contributed by atoms with Crippen LogP contribution in [0.2, 0.25) is 5.02 Å². The van der Waals surface area contributed by atoms with Crippen LogP contribution in [0.15, 0.2) is 28.7 Å². The molecule has 2 rings (SSSR count). The molecule has 0 spiro atoms. The topological polar surface area (TPSA) is 29.9 Å². The number of aryl methyl sites for hydroxylation is 2. The highest BCUT2D eigenvalue weighted by Crippen LogP contribution is 2.23. The summed E-state index contributed by atoms with van der Waals surface area (Å²) in [5, 5.41) is 8.54. The lowest BCUT2D eigenvalue weighted by Crippen LogP contribution is -2.05. The van der Waals surface area contributed by atoms with Crippen LogP contribution < -0.4 is 5.32 Å². The molecule has 0 aliphatic rings. The molecule has 1 aromatic heterocycles. The van der Waals surface area contributed by atoms with Gasteiger partial charge in [-0.05, 0) is 40.5 Å².